The highest BCUT2D eigenvalue weighted by Gasteiger charge is 2.23. The number of nitrogens with two attached hydrogens (primary N) is 1. The number of anilines is 2. The van der Waals surface area contributed by atoms with Gasteiger partial charge in [0, 0.05) is 33.3 Å². The fourth-order valence-electron chi connectivity index (χ4n) is 2.21. The average Bonchev–Trinajstić information content (AvgIpc) is 2.68. The van der Waals surface area contributed by atoms with Gasteiger partial charge in [-0.25, -0.2) is 4.98 Å². The molecule has 0 bridgehead atoms. The molecular weight excluding hydrogens is 290 g/mol. The lowest BCUT2D eigenvalue weighted by Crippen LogP contribution is -2.34. The standard InChI is InChI=1S/C13H23N5O2S/c1-17-5-3-6-18(8-7-17)12(19)10-11(14)16-13(21-10)15-4-9-20-2/h3-9,14H2,1-2H3,(H,15,16). The molecule has 2 heterocycles. The maximum atomic E-state index is 12.6. The zero-order valence-corrected chi connectivity index (χ0v) is 13.4. The molecule has 1 amide bonds. The smallest absolute Gasteiger partial charge is 0.267 e. The van der Waals surface area contributed by atoms with Crippen molar-refractivity contribution in [3.63, 3.8) is 0 Å². The Morgan fingerprint density at radius 2 is 2.24 bits per heavy atom. The van der Waals surface area contributed by atoms with E-state index in [1.165, 1.54) is 11.3 Å². The maximum absolute atomic E-state index is 12.6. The lowest BCUT2D eigenvalue weighted by atomic mass is 10.3. The fraction of sp³-hybridized carbons (Fsp3) is 0.692. The van der Waals surface area contributed by atoms with E-state index in [-0.39, 0.29) is 5.91 Å². The lowest BCUT2D eigenvalue weighted by Gasteiger charge is -2.19. The lowest BCUT2D eigenvalue weighted by molar-refractivity contribution is 0.0768. The summed E-state index contributed by atoms with van der Waals surface area (Å²) in [4.78, 5) is 21.4. The van der Waals surface area contributed by atoms with E-state index in [0.717, 1.165) is 32.6 Å². The zero-order valence-electron chi connectivity index (χ0n) is 12.6. The summed E-state index contributed by atoms with van der Waals surface area (Å²) in [6.45, 7) is 4.65. The van der Waals surface area contributed by atoms with Crippen molar-refractivity contribution in [2.24, 2.45) is 0 Å². The molecule has 118 valence electrons. The Hall–Kier alpha value is -1.38. The maximum Gasteiger partial charge on any atom is 0.267 e. The van der Waals surface area contributed by atoms with Gasteiger partial charge in [-0.3, -0.25) is 4.79 Å². The summed E-state index contributed by atoms with van der Waals surface area (Å²) in [6.07, 6.45) is 0.986. The number of carbonyl (C=O) groups is 1. The number of hydrogen-bond acceptors (Lipinski definition) is 7. The number of amides is 1. The van der Waals surface area contributed by atoms with Crippen LogP contribution in [0.15, 0.2) is 0 Å². The molecule has 0 atom stereocenters. The van der Waals surface area contributed by atoms with Crippen LogP contribution in [0.5, 0.6) is 0 Å². The zero-order chi connectivity index (χ0) is 15.2. The third-order valence-corrected chi connectivity index (χ3v) is 4.45. The van der Waals surface area contributed by atoms with Crippen LogP contribution in [0.1, 0.15) is 16.1 Å². The molecule has 0 aliphatic carbocycles. The summed E-state index contributed by atoms with van der Waals surface area (Å²) in [6, 6.07) is 0. The SMILES string of the molecule is COCCNc1nc(N)c(C(=O)N2CCCN(C)CC2)s1. The van der Waals surface area contributed by atoms with Gasteiger partial charge in [-0.2, -0.15) is 0 Å². The van der Waals surface area contributed by atoms with Crippen LogP contribution >= 0.6 is 11.3 Å². The summed E-state index contributed by atoms with van der Waals surface area (Å²) in [5.41, 5.74) is 5.89. The predicted octanol–water partition coefficient (Wildman–Crippen LogP) is 0.561. The Bertz CT molecular complexity index is 479. The van der Waals surface area contributed by atoms with Gasteiger partial charge in [-0.15, -0.1) is 0 Å². The van der Waals surface area contributed by atoms with Gasteiger partial charge in [-0.05, 0) is 20.0 Å². The van der Waals surface area contributed by atoms with Crippen LogP contribution in [0, 0.1) is 0 Å². The predicted molar refractivity (Wildman–Crippen MR) is 84.9 cm³/mol. The van der Waals surface area contributed by atoms with E-state index in [9.17, 15) is 4.79 Å². The van der Waals surface area contributed by atoms with E-state index in [4.69, 9.17) is 10.5 Å². The van der Waals surface area contributed by atoms with E-state index in [0.29, 0.717) is 29.0 Å². The first-order valence-corrected chi connectivity index (χ1v) is 7.90. The van der Waals surface area contributed by atoms with Gasteiger partial charge in [0.25, 0.3) is 5.91 Å². The highest BCUT2D eigenvalue weighted by Crippen LogP contribution is 2.26. The third kappa shape index (κ3) is 4.29. The Morgan fingerprint density at radius 3 is 3.00 bits per heavy atom. The van der Waals surface area contributed by atoms with Crippen molar-refractivity contribution in [1.29, 1.82) is 0 Å². The minimum absolute atomic E-state index is 0.0138. The second kappa shape index (κ2) is 7.58. The van der Waals surface area contributed by atoms with Crippen LogP contribution in [-0.2, 0) is 4.74 Å². The van der Waals surface area contributed by atoms with Crippen LogP contribution in [0.2, 0.25) is 0 Å². The fourth-order valence-corrected chi connectivity index (χ4v) is 3.09. The van der Waals surface area contributed by atoms with Gasteiger partial charge in [-0.1, -0.05) is 11.3 Å². The number of nitrogens with one attached hydrogen (secondary N) is 1. The van der Waals surface area contributed by atoms with Crippen molar-refractivity contribution in [3.8, 4) is 0 Å². The molecule has 1 fully saturated rings. The summed E-state index contributed by atoms with van der Waals surface area (Å²) in [5, 5.41) is 3.77. The van der Waals surface area contributed by atoms with E-state index >= 15 is 0 Å². The van der Waals surface area contributed by atoms with E-state index < -0.39 is 0 Å². The second-order valence-electron chi connectivity index (χ2n) is 5.10. The third-order valence-electron chi connectivity index (χ3n) is 3.44. The molecule has 0 unspecified atom stereocenters. The Balaban J connectivity index is 2.01. The van der Waals surface area contributed by atoms with Crippen molar-refractivity contribution in [2.75, 3.05) is 64.5 Å². The molecule has 3 N–H and O–H groups in total. The molecule has 0 radical (unpaired) electrons. The Labute approximate surface area is 129 Å². The van der Waals surface area contributed by atoms with Gasteiger partial charge < -0.3 is 25.6 Å². The molecule has 1 aliphatic rings. The van der Waals surface area contributed by atoms with Crippen LogP contribution in [-0.4, -0.2) is 74.2 Å². The summed E-state index contributed by atoms with van der Waals surface area (Å²) >= 11 is 1.31. The van der Waals surface area contributed by atoms with Crippen molar-refractivity contribution in [2.45, 2.75) is 6.42 Å². The molecule has 0 spiro atoms. The molecule has 1 aromatic heterocycles. The highest BCUT2D eigenvalue weighted by atomic mass is 32.1. The molecule has 1 aliphatic heterocycles. The largest absolute Gasteiger partial charge is 0.383 e. The van der Waals surface area contributed by atoms with Gasteiger partial charge >= 0.3 is 0 Å². The van der Waals surface area contributed by atoms with E-state index in [2.05, 4.69) is 22.2 Å². The number of rotatable bonds is 5. The number of ether oxygens (including phenoxy) is 1. The number of thiazole rings is 1. The number of aromatic nitrogens is 1. The number of likely N-dealkylation sites (N-methyl/N-ethyl adjacent to an activating group) is 1. The Kier molecular flexibility index (Phi) is 5.77. The average molecular weight is 313 g/mol. The molecule has 2 rings (SSSR count). The summed E-state index contributed by atoms with van der Waals surface area (Å²) in [5.74, 6) is 0.294. The number of nitrogens with zero attached hydrogens (tertiary/aromatic N) is 3. The van der Waals surface area contributed by atoms with E-state index in [1.807, 2.05) is 4.90 Å². The van der Waals surface area contributed by atoms with Gasteiger partial charge in [0.2, 0.25) is 0 Å². The number of nitrogen functional groups attached to an aromatic ring is 1. The van der Waals surface area contributed by atoms with Crippen LogP contribution in [0.3, 0.4) is 0 Å². The van der Waals surface area contributed by atoms with Gasteiger partial charge in [0.1, 0.15) is 10.7 Å². The molecular formula is C13H23N5O2S. The minimum Gasteiger partial charge on any atom is -0.383 e. The first kappa shape index (κ1) is 16.0. The topological polar surface area (TPSA) is 83.7 Å². The molecule has 8 heteroatoms. The molecule has 1 saturated heterocycles. The van der Waals surface area contributed by atoms with Crippen LogP contribution in [0.4, 0.5) is 10.9 Å². The summed E-state index contributed by atoms with van der Waals surface area (Å²) < 4.78 is 4.97. The van der Waals surface area contributed by atoms with Crippen molar-refractivity contribution in [3.05, 3.63) is 4.88 Å². The second-order valence-corrected chi connectivity index (χ2v) is 6.10. The van der Waals surface area contributed by atoms with Crippen LogP contribution < -0.4 is 11.1 Å². The highest BCUT2D eigenvalue weighted by molar-refractivity contribution is 7.18. The monoisotopic (exact) mass is 313 g/mol. The first-order valence-electron chi connectivity index (χ1n) is 7.08. The van der Waals surface area contributed by atoms with Gasteiger partial charge in [0.05, 0.1) is 6.61 Å². The molecule has 0 saturated carbocycles. The van der Waals surface area contributed by atoms with Crippen LogP contribution in [0.25, 0.3) is 0 Å². The van der Waals surface area contributed by atoms with Crippen molar-refractivity contribution in [1.82, 2.24) is 14.8 Å². The quantitative estimate of drug-likeness (QED) is 0.773. The number of methoxy groups -OCH3 is 1. The molecule has 1 aromatic rings. The normalized spacial score (nSPS) is 16.8. The molecule has 7 nitrogen and oxygen atoms in total. The van der Waals surface area contributed by atoms with Gasteiger partial charge in [0.15, 0.2) is 5.13 Å². The number of carbonyl (C=O) groups excluding carboxylic acids is 1. The van der Waals surface area contributed by atoms with Crippen molar-refractivity contribution >= 4 is 28.2 Å². The van der Waals surface area contributed by atoms with E-state index in [1.54, 1.807) is 7.11 Å². The summed E-state index contributed by atoms with van der Waals surface area (Å²) in [7, 11) is 3.72. The molecule has 0 aromatic carbocycles. The minimum atomic E-state index is -0.0138. The molecule has 21 heavy (non-hydrogen) atoms. The Morgan fingerprint density at radius 1 is 1.43 bits per heavy atom. The van der Waals surface area contributed by atoms with Crippen molar-refractivity contribution < 1.29 is 9.53 Å². The first-order chi connectivity index (χ1) is 10.1. The number of hydrogen-bond donors (Lipinski definition) is 2.